The number of amides is 1. The van der Waals surface area contributed by atoms with Crippen molar-refractivity contribution in [1.29, 1.82) is 0 Å². The summed E-state index contributed by atoms with van der Waals surface area (Å²) in [7, 11) is 0. The molecule has 0 aromatic heterocycles. The molecular formula is C17H16ClNO2. The van der Waals surface area contributed by atoms with Gasteiger partial charge in [-0.1, -0.05) is 30.3 Å². The molecule has 0 saturated heterocycles. The van der Waals surface area contributed by atoms with Gasteiger partial charge in [0.05, 0.1) is 0 Å². The summed E-state index contributed by atoms with van der Waals surface area (Å²) in [5, 5.41) is 3.43. The van der Waals surface area contributed by atoms with Crippen LogP contribution >= 0.6 is 11.6 Å². The van der Waals surface area contributed by atoms with Crippen molar-refractivity contribution in [2.75, 3.05) is 11.9 Å². The van der Waals surface area contributed by atoms with Crippen molar-refractivity contribution in [3.05, 3.63) is 71.3 Å². The number of hydrogen-bond acceptors (Lipinski definition) is 2. The van der Waals surface area contributed by atoms with Crippen LogP contribution < -0.4 is 10.1 Å². The van der Waals surface area contributed by atoms with Crippen LogP contribution in [-0.2, 0) is 0 Å². The molecule has 0 saturated carbocycles. The second kappa shape index (κ2) is 6.95. The molecule has 0 heterocycles. The number of aryl methyl sites for hydroxylation is 1. The third-order valence-electron chi connectivity index (χ3n) is 2.91. The first-order valence-electron chi connectivity index (χ1n) is 6.51. The van der Waals surface area contributed by atoms with Gasteiger partial charge in [0.25, 0.3) is 5.91 Å². The Hall–Kier alpha value is -2.26. The van der Waals surface area contributed by atoms with Crippen LogP contribution in [0.5, 0.6) is 5.75 Å². The lowest BCUT2D eigenvalue weighted by Gasteiger charge is -2.08. The normalized spacial score (nSPS) is 10.0. The molecule has 0 aliphatic rings. The Morgan fingerprint density at radius 2 is 2.00 bits per heavy atom. The maximum absolute atomic E-state index is 12.1. The van der Waals surface area contributed by atoms with Gasteiger partial charge in [0.1, 0.15) is 12.4 Å². The molecule has 1 N–H and O–H groups in total. The predicted octanol–water partition coefficient (Wildman–Crippen LogP) is 4.47. The van der Waals surface area contributed by atoms with Crippen molar-refractivity contribution in [2.24, 2.45) is 0 Å². The van der Waals surface area contributed by atoms with E-state index in [1.807, 2.05) is 19.1 Å². The van der Waals surface area contributed by atoms with E-state index in [0.29, 0.717) is 28.6 Å². The minimum atomic E-state index is -0.190. The molecule has 0 bridgehead atoms. The lowest BCUT2D eigenvalue weighted by molar-refractivity contribution is 0.102. The molecule has 2 aromatic carbocycles. The number of carbonyl (C=O) groups is 1. The number of hydrogen-bond donors (Lipinski definition) is 1. The molecule has 4 heteroatoms. The summed E-state index contributed by atoms with van der Waals surface area (Å²) in [6.07, 6.45) is 1.67. The fourth-order valence-corrected chi connectivity index (χ4v) is 1.91. The number of carbonyl (C=O) groups excluding carboxylic acids is 1. The largest absolute Gasteiger partial charge is 0.490 e. The molecule has 2 aromatic rings. The van der Waals surface area contributed by atoms with Crippen LogP contribution in [0.3, 0.4) is 0 Å². The maximum Gasteiger partial charge on any atom is 0.255 e. The van der Waals surface area contributed by atoms with Gasteiger partial charge in [0.15, 0.2) is 0 Å². The number of anilines is 1. The fourth-order valence-electron chi connectivity index (χ4n) is 1.73. The van der Waals surface area contributed by atoms with Crippen LogP contribution in [0.25, 0.3) is 0 Å². The monoisotopic (exact) mass is 301 g/mol. The van der Waals surface area contributed by atoms with Crippen LogP contribution in [0.4, 0.5) is 5.69 Å². The number of rotatable bonds is 5. The first kappa shape index (κ1) is 15.1. The predicted molar refractivity (Wildman–Crippen MR) is 86.3 cm³/mol. The van der Waals surface area contributed by atoms with Crippen LogP contribution in [0.1, 0.15) is 15.9 Å². The van der Waals surface area contributed by atoms with Crippen LogP contribution in [0.15, 0.2) is 55.1 Å². The lowest BCUT2D eigenvalue weighted by Crippen LogP contribution is -2.11. The Morgan fingerprint density at radius 1 is 1.29 bits per heavy atom. The van der Waals surface area contributed by atoms with E-state index in [0.717, 1.165) is 5.56 Å². The molecule has 0 spiro atoms. The molecule has 2 rings (SSSR count). The Balaban J connectivity index is 2.05. The Kier molecular flexibility index (Phi) is 5.01. The highest BCUT2D eigenvalue weighted by molar-refractivity contribution is 6.31. The molecule has 108 valence electrons. The van der Waals surface area contributed by atoms with E-state index < -0.39 is 0 Å². The minimum Gasteiger partial charge on any atom is -0.490 e. The van der Waals surface area contributed by atoms with Gasteiger partial charge in [-0.2, -0.15) is 0 Å². The number of ether oxygens (including phenoxy) is 1. The van der Waals surface area contributed by atoms with E-state index in [1.54, 1.807) is 36.4 Å². The molecule has 3 nitrogen and oxygen atoms in total. The van der Waals surface area contributed by atoms with Crippen molar-refractivity contribution in [2.45, 2.75) is 6.92 Å². The maximum atomic E-state index is 12.1. The highest BCUT2D eigenvalue weighted by atomic mass is 35.5. The van der Waals surface area contributed by atoms with Gasteiger partial charge in [-0.05, 0) is 48.9 Å². The molecule has 0 radical (unpaired) electrons. The van der Waals surface area contributed by atoms with Gasteiger partial charge in [0, 0.05) is 16.3 Å². The van der Waals surface area contributed by atoms with Gasteiger partial charge in [-0.3, -0.25) is 4.79 Å². The minimum absolute atomic E-state index is 0.190. The topological polar surface area (TPSA) is 38.3 Å². The summed E-state index contributed by atoms with van der Waals surface area (Å²) in [5.74, 6) is 0.509. The average Bonchev–Trinajstić information content (AvgIpc) is 2.49. The standard InChI is InChI=1S/C17H16ClNO2/c1-3-10-21-15-8-5-13(6-9-15)17(20)19-14-7-4-12(2)16(18)11-14/h3-9,11H,1,10H2,2H3,(H,19,20). The van der Waals surface area contributed by atoms with E-state index in [2.05, 4.69) is 11.9 Å². The Bertz CT molecular complexity index is 650. The number of halogens is 1. The molecule has 0 atom stereocenters. The number of nitrogens with one attached hydrogen (secondary N) is 1. The van der Waals surface area contributed by atoms with Gasteiger partial charge in [-0.25, -0.2) is 0 Å². The smallest absolute Gasteiger partial charge is 0.255 e. The van der Waals surface area contributed by atoms with Crippen molar-refractivity contribution in [3.63, 3.8) is 0 Å². The molecule has 1 amide bonds. The third-order valence-corrected chi connectivity index (χ3v) is 3.32. The van der Waals surface area contributed by atoms with E-state index >= 15 is 0 Å². The molecule has 0 aliphatic carbocycles. The van der Waals surface area contributed by atoms with E-state index in [1.165, 1.54) is 0 Å². The summed E-state index contributed by atoms with van der Waals surface area (Å²) in [6, 6.07) is 12.3. The summed E-state index contributed by atoms with van der Waals surface area (Å²) < 4.78 is 5.37. The second-order valence-corrected chi connectivity index (χ2v) is 4.95. The van der Waals surface area contributed by atoms with Gasteiger partial charge >= 0.3 is 0 Å². The third kappa shape index (κ3) is 4.10. The second-order valence-electron chi connectivity index (χ2n) is 4.54. The molecule has 0 aliphatic heterocycles. The molecule has 21 heavy (non-hydrogen) atoms. The van der Waals surface area contributed by atoms with E-state index in [-0.39, 0.29) is 5.91 Å². The Morgan fingerprint density at radius 3 is 2.62 bits per heavy atom. The zero-order chi connectivity index (χ0) is 15.2. The van der Waals surface area contributed by atoms with Crippen molar-refractivity contribution in [1.82, 2.24) is 0 Å². The van der Waals surface area contributed by atoms with Crippen molar-refractivity contribution < 1.29 is 9.53 Å². The SMILES string of the molecule is C=CCOc1ccc(C(=O)Nc2ccc(C)c(Cl)c2)cc1. The van der Waals surface area contributed by atoms with Gasteiger partial charge < -0.3 is 10.1 Å². The molecule has 0 unspecified atom stereocenters. The fraction of sp³-hybridized carbons (Fsp3) is 0.118. The number of benzene rings is 2. The summed E-state index contributed by atoms with van der Waals surface area (Å²) in [6.45, 7) is 5.93. The molecule has 0 fully saturated rings. The van der Waals surface area contributed by atoms with Crippen LogP contribution in [0, 0.1) is 6.92 Å². The highest BCUT2D eigenvalue weighted by Gasteiger charge is 2.07. The average molecular weight is 302 g/mol. The van der Waals surface area contributed by atoms with E-state index in [9.17, 15) is 4.79 Å². The van der Waals surface area contributed by atoms with Crippen LogP contribution in [0.2, 0.25) is 5.02 Å². The lowest BCUT2D eigenvalue weighted by atomic mass is 10.2. The first-order chi connectivity index (χ1) is 10.1. The highest BCUT2D eigenvalue weighted by Crippen LogP contribution is 2.21. The zero-order valence-corrected chi connectivity index (χ0v) is 12.5. The summed E-state index contributed by atoms with van der Waals surface area (Å²) >= 11 is 6.04. The van der Waals surface area contributed by atoms with Crippen LogP contribution in [-0.4, -0.2) is 12.5 Å². The van der Waals surface area contributed by atoms with E-state index in [4.69, 9.17) is 16.3 Å². The summed E-state index contributed by atoms with van der Waals surface area (Å²) in [5.41, 5.74) is 2.19. The first-order valence-corrected chi connectivity index (χ1v) is 6.89. The zero-order valence-electron chi connectivity index (χ0n) is 11.7. The summed E-state index contributed by atoms with van der Waals surface area (Å²) in [4.78, 5) is 12.1. The van der Waals surface area contributed by atoms with Crippen molar-refractivity contribution in [3.8, 4) is 5.75 Å². The van der Waals surface area contributed by atoms with Crippen molar-refractivity contribution >= 4 is 23.2 Å². The molecular weight excluding hydrogens is 286 g/mol. The quantitative estimate of drug-likeness (QED) is 0.828. The van der Waals surface area contributed by atoms with Gasteiger partial charge in [-0.15, -0.1) is 0 Å². The van der Waals surface area contributed by atoms with Gasteiger partial charge in [0.2, 0.25) is 0 Å². The Labute approximate surface area is 129 Å².